The number of nitrogens with one attached hydrogen (secondary N) is 1. The van der Waals surface area contributed by atoms with E-state index >= 15 is 0 Å². The lowest BCUT2D eigenvalue weighted by molar-refractivity contribution is 0.0821. The van der Waals surface area contributed by atoms with Gasteiger partial charge in [-0.25, -0.2) is 4.98 Å². The van der Waals surface area contributed by atoms with Crippen LogP contribution in [0.5, 0.6) is 0 Å². The highest BCUT2D eigenvalue weighted by Gasteiger charge is 2.26. The second-order valence-electron chi connectivity index (χ2n) is 6.19. The van der Waals surface area contributed by atoms with E-state index in [1.54, 1.807) is 0 Å². The number of ether oxygens (including phenoxy) is 1. The van der Waals surface area contributed by atoms with E-state index < -0.39 is 0 Å². The molecular formula is C16H27N3OS. The number of hydrogen-bond acceptors (Lipinski definition) is 5. The predicted octanol–water partition coefficient (Wildman–Crippen LogP) is 3.14. The lowest BCUT2D eigenvalue weighted by Gasteiger charge is -2.22. The molecule has 21 heavy (non-hydrogen) atoms. The molecule has 0 amide bonds. The molecule has 2 aliphatic rings. The molecule has 0 aromatic carbocycles. The van der Waals surface area contributed by atoms with Crippen molar-refractivity contribution in [1.82, 2.24) is 10.3 Å². The fourth-order valence-electron chi connectivity index (χ4n) is 3.22. The van der Waals surface area contributed by atoms with Crippen molar-refractivity contribution in [3.63, 3.8) is 0 Å². The molecule has 2 heterocycles. The van der Waals surface area contributed by atoms with Gasteiger partial charge in [-0.3, -0.25) is 0 Å². The molecule has 118 valence electrons. The van der Waals surface area contributed by atoms with Crippen LogP contribution in [0.2, 0.25) is 0 Å². The Bertz CT molecular complexity index is 462. The summed E-state index contributed by atoms with van der Waals surface area (Å²) >= 11 is 1.91. The number of thiazole rings is 1. The average Bonchev–Trinajstić information content (AvgIpc) is 2.81. The minimum absolute atomic E-state index is 0.308. The van der Waals surface area contributed by atoms with Crippen molar-refractivity contribution < 1.29 is 4.74 Å². The Morgan fingerprint density at radius 3 is 3.19 bits per heavy atom. The van der Waals surface area contributed by atoms with E-state index in [1.807, 2.05) is 11.3 Å². The van der Waals surface area contributed by atoms with E-state index in [4.69, 9.17) is 9.72 Å². The van der Waals surface area contributed by atoms with E-state index in [-0.39, 0.29) is 0 Å². The quantitative estimate of drug-likeness (QED) is 0.927. The van der Waals surface area contributed by atoms with Crippen LogP contribution in [0.1, 0.15) is 56.1 Å². The van der Waals surface area contributed by atoms with Gasteiger partial charge >= 0.3 is 0 Å². The van der Waals surface area contributed by atoms with Crippen LogP contribution in [0.4, 0.5) is 5.13 Å². The van der Waals surface area contributed by atoms with E-state index in [9.17, 15) is 0 Å². The van der Waals surface area contributed by atoms with Crippen molar-refractivity contribution in [3.8, 4) is 0 Å². The Hall–Kier alpha value is -0.650. The summed E-state index contributed by atoms with van der Waals surface area (Å²) in [7, 11) is 0. The lowest BCUT2D eigenvalue weighted by atomic mass is 9.98. The predicted molar refractivity (Wildman–Crippen MR) is 88.3 cm³/mol. The lowest BCUT2D eigenvalue weighted by Crippen LogP contribution is -2.29. The Morgan fingerprint density at radius 2 is 2.33 bits per heavy atom. The number of rotatable bonds is 4. The van der Waals surface area contributed by atoms with E-state index in [1.165, 1.54) is 35.0 Å². The van der Waals surface area contributed by atoms with Crippen LogP contribution in [0.25, 0.3) is 0 Å². The fraction of sp³-hybridized carbons (Fsp3) is 0.812. The van der Waals surface area contributed by atoms with Crippen molar-refractivity contribution in [3.05, 3.63) is 10.6 Å². The largest absolute Gasteiger partial charge is 0.377 e. The molecule has 1 fully saturated rings. The molecule has 1 N–H and O–H groups in total. The summed E-state index contributed by atoms with van der Waals surface area (Å²) in [6.45, 7) is 8.42. The van der Waals surface area contributed by atoms with E-state index in [0.29, 0.717) is 12.1 Å². The van der Waals surface area contributed by atoms with Crippen LogP contribution in [0, 0.1) is 0 Å². The third kappa shape index (κ3) is 3.58. The third-order valence-electron chi connectivity index (χ3n) is 4.30. The van der Waals surface area contributed by atoms with Gasteiger partial charge in [0.05, 0.1) is 11.8 Å². The molecule has 0 spiro atoms. The molecule has 1 aliphatic heterocycles. The zero-order chi connectivity index (χ0) is 14.7. The number of aromatic nitrogens is 1. The van der Waals surface area contributed by atoms with Crippen molar-refractivity contribution in [1.29, 1.82) is 0 Å². The Morgan fingerprint density at radius 1 is 1.43 bits per heavy atom. The maximum absolute atomic E-state index is 5.75. The first-order valence-corrected chi connectivity index (χ1v) is 9.19. The zero-order valence-corrected chi connectivity index (χ0v) is 14.0. The molecule has 3 rings (SSSR count). The van der Waals surface area contributed by atoms with Gasteiger partial charge < -0.3 is 15.0 Å². The molecule has 2 atom stereocenters. The number of hydrogen-bond donors (Lipinski definition) is 1. The van der Waals surface area contributed by atoms with Gasteiger partial charge in [-0.05, 0) is 45.6 Å². The summed E-state index contributed by atoms with van der Waals surface area (Å²) < 4.78 is 5.75. The second kappa shape index (κ2) is 7.07. The standard InChI is InChI=1S/C16H27N3OS/c1-3-8-17-13-6-4-7-14-15(13)21-16(18-14)19-9-5-10-20-12(2)11-19/h12-13,17H,3-11H2,1-2H3. The first-order chi connectivity index (χ1) is 10.3. The monoisotopic (exact) mass is 309 g/mol. The minimum Gasteiger partial charge on any atom is -0.377 e. The molecule has 1 saturated heterocycles. The number of anilines is 1. The second-order valence-corrected chi connectivity index (χ2v) is 7.20. The molecule has 1 aliphatic carbocycles. The van der Waals surface area contributed by atoms with Crippen LogP contribution in [0.3, 0.4) is 0 Å². The first-order valence-electron chi connectivity index (χ1n) is 8.37. The number of aryl methyl sites for hydroxylation is 1. The van der Waals surface area contributed by atoms with Crippen molar-refractivity contribution in [2.45, 2.75) is 58.1 Å². The third-order valence-corrected chi connectivity index (χ3v) is 5.57. The molecule has 0 bridgehead atoms. The van der Waals surface area contributed by atoms with Crippen LogP contribution < -0.4 is 10.2 Å². The van der Waals surface area contributed by atoms with Crippen LogP contribution in [-0.2, 0) is 11.2 Å². The average molecular weight is 309 g/mol. The number of fused-ring (bicyclic) bond motifs is 1. The van der Waals surface area contributed by atoms with Gasteiger partial charge in [0, 0.05) is 30.6 Å². The summed E-state index contributed by atoms with van der Waals surface area (Å²) in [6.07, 6.45) is 6.27. The topological polar surface area (TPSA) is 37.4 Å². The van der Waals surface area contributed by atoms with Crippen LogP contribution in [0.15, 0.2) is 0 Å². The first kappa shape index (κ1) is 15.3. The van der Waals surface area contributed by atoms with Gasteiger partial charge in [0.25, 0.3) is 0 Å². The van der Waals surface area contributed by atoms with E-state index in [0.717, 1.165) is 39.1 Å². The van der Waals surface area contributed by atoms with Crippen molar-refractivity contribution in [2.24, 2.45) is 0 Å². The van der Waals surface area contributed by atoms with Gasteiger partial charge in [0.15, 0.2) is 5.13 Å². The minimum atomic E-state index is 0.308. The molecule has 1 aromatic rings. The Kier molecular flexibility index (Phi) is 5.14. The maximum atomic E-state index is 5.75. The van der Waals surface area contributed by atoms with Gasteiger partial charge in [0.1, 0.15) is 0 Å². The van der Waals surface area contributed by atoms with Gasteiger partial charge in [-0.1, -0.05) is 18.3 Å². The Balaban J connectivity index is 1.77. The highest BCUT2D eigenvalue weighted by Crippen LogP contribution is 2.38. The zero-order valence-electron chi connectivity index (χ0n) is 13.2. The number of nitrogens with zero attached hydrogens (tertiary/aromatic N) is 2. The Labute approximate surface area is 131 Å². The molecule has 2 unspecified atom stereocenters. The SMILES string of the molecule is CCCNC1CCCc2nc(N3CCCOC(C)C3)sc21. The molecule has 5 heteroatoms. The summed E-state index contributed by atoms with van der Waals surface area (Å²) in [6, 6.07) is 0.528. The van der Waals surface area contributed by atoms with Crippen LogP contribution in [-0.4, -0.2) is 37.3 Å². The van der Waals surface area contributed by atoms with Gasteiger partial charge in [-0.2, -0.15) is 0 Å². The maximum Gasteiger partial charge on any atom is 0.185 e. The molecular weight excluding hydrogens is 282 g/mol. The summed E-state index contributed by atoms with van der Waals surface area (Å²) in [5, 5.41) is 4.90. The molecule has 4 nitrogen and oxygen atoms in total. The summed E-state index contributed by atoms with van der Waals surface area (Å²) in [5.74, 6) is 0. The van der Waals surface area contributed by atoms with Crippen molar-refractivity contribution >= 4 is 16.5 Å². The molecule has 0 radical (unpaired) electrons. The molecule has 1 aromatic heterocycles. The normalized spacial score (nSPS) is 26.5. The highest BCUT2D eigenvalue weighted by molar-refractivity contribution is 7.15. The van der Waals surface area contributed by atoms with Crippen molar-refractivity contribution in [2.75, 3.05) is 31.1 Å². The van der Waals surface area contributed by atoms with Gasteiger partial charge in [0.2, 0.25) is 0 Å². The fourth-order valence-corrected chi connectivity index (χ4v) is 4.48. The van der Waals surface area contributed by atoms with E-state index in [2.05, 4.69) is 24.1 Å². The van der Waals surface area contributed by atoms with Gasteiger partial charge in [-0.15, -0.1) is 0 Å². The smallest absolute Gasteiger partial charge is 0.185 e. The molecule has 0 saturated carbocycles. The highest BCUT2D eigenvalue weighted by atomic mass is 32.1. The summed E-state index contributed by atoms with van der Waals surface area (Å²) in [4.78, 5) is 8.87. The van der Waals surface area contributed by atoms with Crippen LogP contribution >= 0.6 is 11.3 Å². The summed E-state index contributed by atoms with van der Waals surface area (Å²) in [5.41, 5.74) is 1.34.